The number of anilines is 1. The van der Waals surface area contributed by atoms with Gasteiger partial charge in [0.25, 0.3) is 0 Å². The molecular formula is C36H54N2O2. The van der Waals surface area contributed by atoms with Gasteiger partial charge in [0, 0.05) is 31.2 Å². The Morgan fingerprint density at radius 1 is 1.07 bits per heavy atom. The van der Waals surface area contributed by atoms with Crippen LogP contribution < -0.4 is 4.90 Å². The van der Waals surface area contributed by atoms with Crippen LogP contribution in [0, 0.1) is 12.8 Å². The van der Waals surface area contributed by atoms with Gasteiger partial charge in [-0.1, -0.05) is 89.8 Å². The van der Waals surface area contributed by atoms with Crippen LogP contribution in [0.3, 0.4) is 0 Å². The zero-order valence-corrected chi connectivity index (χ0v) is 26.4. The third-order valence-corrected chi connectivity index (χ3v) is 8.02. The summed E-state index contributed by atoms with van der Waals surface area (Å²) in [4.78, 5) is 29.5. The molecule has 1 aliphatic rings. The summed E-state index contributed by atoms with van der Waals surface area (Å²) in [6.07, 6.45) is 19.6. The van der Waals surface area contributed by atoms with E-state index in [2.05, 4.69) is 82.7 Å². The number of unbranched alkanes of at least 4 members (excludes halogenated alkanes) is 2. The van der Waals surface area contributed by atoms with E-state index in [0.29, 0.717) is 18.3 Å². The molecule has 220 valence electrons. The Bertz CT molecular complexity index is 1080. The molecule has 0 N–H and O–H groups in total. The number of carbonyl (C=O) groups is 1. The maximum atomic E-state index is 13.1. The first-order valence-electron chi connectivity index (χ1n) is 15.8. The van der Waals surface area contributed by atoms with Crippen LogP contribution in [0.2, 0.25) is 0 Å². The van der Waals surface area contributed by atoms with Gasteiger partial charge in [-0.15, -0.1) is 0 Å². The summed E-state index contributed by atoms with van der Waals surface area (Å²) in [5.41, 5.74) is 6.56. The van der Waals surface area contributed by atoms with Crippen molar-refractivity contribution in [1.82, 2.24) is 4.90 Å². The lowest BCUT2D eigenvalue weighted by molar-refractivity contribution is -0.130. The van der Waals surface area contributed by atoms with E-state index >= 15 is 0 Å². The summed E-state index contributed by atoms with van der Waals surface area (Å²) < 4.78 is 0. The SMILES string of the molecule is C\C=C/C(=C\C=C\c1cc(C(C)C)c(C)c(N(CC)C(=C=O)C2CCCC2)c1)CC(=O)N(CCC)CCCCC. The molecule has 0 atom stereocenters. The Hall–Kier alpha value is -2.84. The third kappa shape index (κ3) is 9.66. The Morgan fingerprint density at radius 2 is 1.80 bits per heavy atom. The highest BCUT2D eigenvalue weighted by Crippen LogP contribution is 2.37. The van der Waals surface area contributed by atoms with E-state index in [-0.39, 0.29) is 5.91 Å². The minimum atomic E-state index is 0.203. The average Bonchev–Trinajstić information content (AvgIpc) is 3.46. The Kier molecular flexibility index (Phi) is 14.8. The van der Waals surface area contributed by atoms with Gasteiger partial charge in [0.05, 0.1) is 6.42 Å². The first-order valence-corrected chi connectivity index (χ1v) is 15.8. The van der Waals surface area contributed by atoms with E-state index in [1.165, 1.54) is 24.0 Å². The lowest BCUT2D eigenvalue weighted by atomic mass is 9.92. The van der Waals surface area contributed by atoms with Crippen molar-refractivity contribution in [2.45, 2.75) is 112 Å². The molecule has 0 radical (unpaired) electrons. The predicted molar refractivity (Wildman–Crippen MR) is 172 cm³/mol. The van der Waals surface area contributed by atoms with Gasteiger partial charge in [0.2, 0.25) is 5.91 Å². The summed E-state index contributed by atoms with van der Waals surface area (Å²) in [5, 5.41) is 0. The van der Waals surface area contributed by atoms with Gasteiger partial charge in [-0.25, -0.2) is 4.79 Å². The zero-order valence-electron chi connectivity index (χ0n) is 26.4. The van der Waals surface area contributed by atoms with Crippen molar-refractivity contribution < 1.29 is 9.59 Å². The van der Waals surface area contributed by atoms with Gasteiger partial charge in [0.15, 0.2) is 0 Å². The number of amides is 1. The molecule has 0 unspecified atom stereocenters. The number of rotatable bonds is 16. The molecule has 0 aromatic heterocycles. The van der Waals surface area contributed by atoms with Crippen LogP contribution in [0.1, 0.15) is 122 Å². The van der Waals surface area contributed by atoms with Crippen molar-refractivity contribution in [3.63, 3.8) is 0 Å². The van der Waals surface area contributed by atoms with Gasteiger partial charge < -0.3 is 9.80 Å². The van der Waals surface area contributed by atoms with Crippen molar-refractivity contribution in [2.24, 2.45) is 5.92 Å². The van der Waals surface area contributed by atoms with E-state index in [4.69, 9.17) is 0 Å². The highest BCUT2D eigenvalue weighted by molar-refractivity contribution is 5.79. The second-order valence-electron chi connectivity index (χ2n) is 11.5. The number of carbonyl (C=O) groups excluding carboxylic acids is 2. The Balaban J connectivity index is 2.37. The molecule has 4 heteroatoms. The number of allylic oxidation sites excluding steroid dienone is 5. The number of hydrogen-bond donors (Lipinski definition) is 0. The van der Waals surface area contributed by atoms with Gasteiger partial charge in [0.1, 0.15) is 11.6 Å². The van der Waals surface area contributed by atoms with E-state index in [1.807, 2.05) is 24.0 Å². The van der Waals surface area contributed by atoms with Crippen molar-refractivity contribution >= 4 is 23.6 Å². The molecule has 0 spiro atoms. The van der Waals surface area contributed by atoms with Gasteiger partial charge in [-0.3, -0.25) is 4.79 Å². The van der Waals surface area contributed by atoms with E-state index in [1.54, 1.807) is 0 Å². The molecule has 0 heterocycles. The molecule has 1 fully saturated rings. The summed E-state index contributed by atoms with van der Waals surface area (Å²) in [6, 6.07) is 4.47. The van der Waals surface area contributed by atoms with E-state index < -0.39 is 0 Å². The van der Waals surface area contributed by atoms with Crippen LogP contribution in [0.4, 0.5) is 5.69 Å². The molecular weight excluding hydrogens is 492 g/mol. The minimum absolute atomic E-state index is 0.203. The van der Waals surface area contributed by atoms with Crippen LogP contribution in [0.15, 0.2) is 47.7 Å². The molecule has 1 aliphatic carbocycles. The van der Waals surface area contributed by atoms with Gasteiger partial charge in [-0.05, 0) is 80.7 Å². The summed E-state index contributed by atoms with van der Waals surface area (Å²) in [7, 11) is 0. The standard InChI is InChI=1S/C36H54N2O2/c1-8-12-15-23-37(22-10-3)36(40)26-30(17-9-2)18-16-19-31-24-33(28(5)6)29(7)34(25-31)38(11-4)35(27-39)32-20-13-14-21-32/h9,16-19,24-25,28,32H,8,10-15,20-23,26H2,1-7H3/b17-9-,19-16+,30-18+. The highest BCUT2D eigenvalue weighted by atomic mass is 16.2. The maximum Gasteiger partial charge on any atom is 0.226 e. The van der Waals surface area contributed by atoms with Gasteiger partial charge in [-0.2, -0.15) is 0 Å². The van der Waals surface area contributed by atoms with Crippen molar-refractivity contribution in [3.8, 4) is 0 Å². The van der Waals surface area contributed by atoms with Crippen LogP contribution in [0.25, 0.3) is 6.08 Å². The topological polar surface area (TPSA) is 40.6 Å². The second kappa shape index (κ2) is 17.8. The lowest BCUT2D eigenvalue weighted by Crippen LogP contribution is -2.32. The Labute approximate surface area is 244 Å². The third-order valence-electron chi connectivity index (χ3n) is 8.02. The highest BCUT2D eigenvalue weighted by Gasteiger charge is 2.27. The largest absolute Gasteiger partial charge is 0.342 e. The van der Waals surface area contributed by atoms with Crippen molar-refractivity contribution in [1.29, 1.82) is 0 Å². The first kappa shape index (κ1) is 33.4. The molecule has 1 amide bonds. The molecule has 2 rings (SSSR count). The second-order valence-corrected chi connectivity index (χ2v) is 11.5. The lowest BCUT2D eigenvalue weighted by Gasteiger charge is -2.30. The van der Waals surface area contributed by atoms with Crippen LogP contribution in [-0.2, 0) is 9.59 Å². The molecule has 1 aromatic rings. The van der Waals surface area contributed by atoms with Crippen molar-refractivity contribution in [2.75, 3.05) is 24.5 Å². The fraction of sp³-hybridized carbons (Fsp3) is 0.583. The molecule has 0 saturated heterocycles. The molecule has 1 saturated carbocycles. The average molecular weight is 547 g/mol. The molecule has 1 aromatic carbocycles. The summed E-state index contributed by atoms with van der Waals surface area (Å²) in [6.45, 7) is 17.5. The molecule has 4 nitrogen and oxygen atoms in total. The van der Waals surface area contributed by atoms with Crippen molar-refractivity contribution in [3.05, 3.63) is 64.4 Å². The number of benzene rings is 1. The number of hydrogen-bond acceptors (Lipinski definition) is 3. The van der Waals surface area contributed by atoms with Crippen LogP contribution >= 0.6 is 0 Å². The first-order chi connectivity index (χ1) is 19.3. The van der Waals surface area contributed by atoms with E-state index in [0.717, 1.165) is 80.7 Å². The van der Waals surface area contributed by atoms with E-state index in [9.17, 15) is 9.59 Å². The van der Waals surface area contributed by atoms with Crippen LogP contribution in [-0.4, -0.2) is 36.4 Å². The molecule has 0 bridgehead atoms. The number of nitrogens with zero attached hydrogens (tertiary/aromatic N) is 2. The predicted octanol–water partition coefficient (Wildman–Crippen LogP) is 9.19. The molecule has 0 aliphatic heterocycles. The smallest absolute Gasteiger partial charge is 0.226 e. The Morgan fingerprint density at radius 3 is 2.38 bits per heavy atom. The fourth-order valence-corrected chi connectivity index (χ4v) is 5.89. The molecule has 40 heavy (non-hydrogen) atoms. The minimum Gasteiger partial charge on any atom is -0.342 e. The monoisotopic (exact) mass is 546 g/mol. The maximum absolute atomic E-state index is 13.1. The summed E-state index contributed by atoms with van der Waals surface area (Å²) >= 11 is 0. The normalized spacial score (nSPS) is 14.4. The van der Waals surface area contributed by atoms with Gasteiger partial charge >= 0.3 is 0 Å². The van der Waals surface area contributed by atoms with Crippen LogP contribution in [0.5, 0.6) is 0 Å². The zero-order chi connectivity index (χ0) is 29.5. The fourth-order valence-electron chi connectivity index (χ4n) is 5.89. The quantitative estimate of drug-likeness (QED) is 0.118. The summed E-state index contributed by atoms with van der Waals surface area (Å²) in [5.74, 6) is 3.21.